The van der Waals surface area contributed by atoms with Crippen molar-refractivity contribution < 1.29 is 33.6 Å². The molecule has 1 saturated carbocycles. The summed E-state index contributed by atoms with van der Waals surface area (Å²) in [6.07, 6.45) is 4.02. The lowest BCUT2D eigenvalue weighted by molar-refractivity contribution is -0.143. The molecular formula is C23H28O8. The number of aromatic hydroxyl groups is 1. The Hall–Kier alpha value is -3.00. The third-order valence-electron chi connectivity index (χ3n) is 5.33. The van der Waals surface area contributed by atoms with Gasteiger partial charge in [-0.3, -0.25) is 9.59 Å². The van der Waals surface area contributed by atoms with Crippen LogP contribution in [0.15, 0.2) is 33.5 Å². The van der Waals surface area contributed by atoms with Crippen LogP contribution in [0.4, 0.5) is 0 Å². The molecule has 0 radical (unpaired) electrons. The first-order valence-corrected chi connectivity index (χ1v) is 10.4. The SMILES string of the molecule is CCOC(=O)CC(c1ccc(OC)c(OC2CCCC2)c1)c1oc(CO)cc(=O)c1O. The van der Waals surface area contributed by atoms with E-state index in [-0.39, 0.29) is 30.7 Å². The molecule has 0 saturated heterocycles. The second kappa shape index (κ2) is 10.3. The largest absolute Gasteiger partial charge is 0.502 e. The van der Waals surface area contributed by atoms with Crippen molar-refractivity contribution in [3.05, 3.63) is 51.6 Å². The predicted molar refractivity (Wildman–Crippen MR) is 112 cm³/mol. The minimum Gasteiger partial charge on any atom is -0.502 e. The molecule has 2 N–H and O–H groups in total. The summed E-state index contributed by atoms with van der Waals surface area (Å²) in [4.78, 5) is 24.5. The van der Waals surface area contributed by atoms with Gasteiger partial charge in [0.2, 0.25) is 11.2 Å². The van der Waals surface area contributed by atoms with Crippen LogP contribution in [-0.2, 0) is 16.1 Å². The number of rotatable bonds is 9. The Labute approximate surface area is 180 Å². The minimum absolute atomic E-state index is 0.0115. The van der Waals surface area contributed by atoms with Gasteiger partial charge in [-0.2, -0.15) is 0 Å². The molecule has 1 aliphatic rings. The highest BCUT2D eigenvalue weighted by Crippen LogP contribution is 2.39. The number of hydrogen-bond acceptors (Lipinski definition) is 8. The van der Waals surface area contributed by atoms with Gasteiger partial charge >= 0.3 is 5.97 Å². The van der Waals surface area contributed by atoms with E-state index in [1.54, 1.807) is 32.2 Å². The van der Waals surface area contributed by atoms with Crippen molar-refractivity contribution in [1.82, 2.24) is 0 Å². The summed E-state index contributed by atoms with van der Waals surface area (Å²) in [5, 5.41) is 19.8. The Morgan fingerprint density at radius 3 is 2.61 bits per heavy atom. The highest BCUT2D eigenvalue weighted by Gasteiger charge is 2.28. The van der Waals surface area contributed by atoms with Crippen LogP contribution in [0.1, 0.15) is 62.0 Å². The van der Waals surface area contributed by atoms with E-state index in [0.717, 1.165) is 31.7 Å². The van der Waals surface area contributed by atoms with Gasteiger partial charge in [0, 0.05) is 6.07 Å². The highest BCUT2D eigenvalue weighted by atomic mass is 16.5. The summed E-state index contributed by atoms with van der Waals surface area (Å²) in [5.41, 5.74) is -0.120. The monoisotopic (exact) mass is 432 g/mol. The number of methoxy groups -OCH3 is 1. The van der Waals surface area contributed by atoms with Gasteiger partial charge in [-0.05, 0) is 50.3 Å². The first-order valence-electron chi connectivity index (χ1n) is 10.4. The van der Waals surface area contributed by atoms with Crippen molar-refractivity contribution in [3.8, 4) is 17.2 Å². The molecule has 0 aliphatic heterocycles. The minimum atomic E-state index is -0.824. The van der Waals surface area contributed by atoms with Crippen LogP contribution in [0.25, 0.3) is 0 Å². The number of aliphatic hydroxyl groups excluding tert-OH is 1. The van der Waals surface area contributed by atoms with E-state index in [2.05, 4.69) is 0 Å². The van der Waals surface area contributed by atoms with E-state index < -0.39 is 29.7 Å². The van der Waals surface area contributed by atoms with Crippen LogP contribution in [0.5, 0.6) is 17.2 Å². The molecule has 0 spiro atoms. The number of carbonyl (C=O) groups excluding carboxylic acids is 1. The molecule has 1 aromatic carbocycles. The molecule has 0 amide bonds. The Morgan fingerprint density at radius 1 is 1.23 bits per heavy atom. The van der Waals surface area contributed by atoms with Crippen LogP contribution in [0, 0.1) is 0 Å². The van der Waals surface area contributed by atoms with Gasteiger partial charge in [-0.1, -0.05) is 6.07 Å². The van der Waals surface area contributed by atoms with Gasteiger partial charge < -0.3 is 28.8 Å². The summed E-state index contributed by atoms with van der Waals surface area (Å²) in [7, 11) is 1.54. The Bertz CT molecular complexity index is 959. The molecule has 1 atom stereocenters. The van der Waals surface area contributed by atoms with E-state index in [1.165, 1.54) is 0 Å². The van der Waals surface area contributed by atoms with Gasteiger partial charge in [-0.25, -0.2) is 0 Å². The standard InChI is InChI=1S/C23H28O8/c1-3-29-21(26)12-17(23-22(27)18(25)11-16(13-24)31-23)14-8-9-19(28-2)20(10-14)30-15-6-4-5-7-15/h8-11,15,17,24,27H,3-7,12-13H2,1-2H3. The molecule has 1 fully saturated rings. The highest BCUT2D eigenvalue weighted by molar-refractivity contribution is 5.71. The lowest BCUT2D eigenvalue weighted by atomic mass is 9.91. The van der Waals surface area contributed by atoms with Crippen LogP contribution >= 0.6 is 0 Å². The fraction of sp³-hybridized carbons (Fsp3) is 0.478. The third-order valence-corrected chi connectivity index (χ3v) is 5.33. The molecule has 1 heterocycles. The zero-order chi connectivity index (χ0) is 22.4. The molecule has 8 heteroatoms. The molecule has 0 bridgehead atoms. The molecule has 2 aromatic rings. The maximum atomic E-state index is 12.3. The maximum Gasteiger partial charge on any atom is 0.306 e. The number of esters is 1. The number of hydrogen-bond donors (Lipinski definition) is 2. The van der Waals surface area contributed by atoms with Crippen LogP contribution in [0.2, 0.25) is 0 Å². The van der Waals surface area contributed by atoms with Crippen molar-refractivity contribution in [2.45, 2.75) is 57.7 Å². The lowest BCUT2D eigenvalue weighted by Crippen LogP contribution is -2.16. The fourth-order valence-electron chi connectivity index (χ4n) is 3.81. The Kier molecular flexibility index (Phi) is 7.57. The van der Waals surface area contributed by atoms with Crippen molar-refractivity contribution >= 4 is 5.97 Å². The zero-order valence-corrected chi connectivity index (χ0v) is 17.8. The molecule has 8 nitrogen and oxygen atoms in total. The second-order valence-electron chi connectivity index (χ2n) is 7.44. The van der Waals surface area contributed by atoms with Gasteiger partial charge in [0.25, 0.3) is 0 Å². The Morgan fingerprint density at radius 2 is 1.97 bits per heavy atom. The van der Waals surface area contributed by atoms with Crippen molar-refractivity contribution in [2.75, 3.05) is 13.7 Å². The molecule has 1 aliphatic carbocycles. The van der Waals surface area contributed by atoms with E-state index >= 15 is 0 Å². The zero-order valence-electron chi connectivity index (χ0n) is 17.8. The number of carbonyl (C=O) groups is 1. The molecule has 1 aromatic heterocycles. The van der Waals surface area contributed by atoms with E-state index in [9.17, 15) is 19.8 Å². The summed E-state index contributed by atoms with van der Waals surface area (Å²) in [6.45, 7) is 1.36. The summed E-state index contributed by atoms with van der Waals surface area (Å²) >= 11 is 0. The van der Waals surface area contributed by atoms with Crippen LogP contribution in [-0.4, -0.2) is 36.0 Å². The normalized spacial score (nSPS) is 14.9. The summed E-state index contributed by atoms with van der Waals surface area (Å²) in [5.74, 6) is -1.01. The van der Waals surface area contributed by atoms with Crippen LogP contribution < -0.4 is 14.9 Å². The molecule has 3 rings (SSSR count). The Balaban J connectivity index is 2.06. The summed E-state index contributed by atoms with van der Waals surface area (Å²) in [6, 6.07) is 6.17. The maximum absolute atomic E-state index is 12.3. The fourth-order valence-corrected chi connectivity index (χ4v) is 3.81. The average Bonchev–Trinajstić information content (AvgIpc) is 3.27. The van der Waals surface area contributed by atoms with Crippen molar-refractivity contribution in [1.29, 1.82) is 0 Å². The smallest absolute Gasteiger partial charge is 0.306 e. The topological polar surface area (TPSA) is 115 Å². The molecule has 31 heavy (non-hydrogen) atoms. The number of benzene rings is 1. The lowest BCUT2D eigenvalue weighted by Gasteiger charge is -2.21. The second-order valence-corrected chi connectivity index (χ2v) is 7.44. The van der Waals surface area contributed by atoms with Crippen molar-refractivity contribution in [2.24, 2.45) is 0 Å². The quantitative estimate of drug-likeness (QED) is 0.580. The molecular weight excluding hydrogens is 404 g/mol. The first kappa shape index (κ1) is 22.7. The van der Waals surface area contributed by atoms with Gasteiger partial charge in [0.05, 0.1) is 32.2 Å². The van der Waals surface area contributed by atoms with Gasteiger partial charge in [0.1, 0.15) is 12.4 Å². The van der Waals surface area contributed by atoms with E-state index in [1.807, 2.05) is 0 Å². The third kappa shape index (κ3) is 5.38. The van der Waals surface area contributed by atoms with Crippen molar-refractivity contribution in [3.63, 3.8) is 0 Å². The van der Waals surface area contributed by atoms with Gasteiger partial charge in [0.15, 0.2) is 17.3 Å². The van der Waals surface area contributed by atoms with E-state index in [4.69, 9.17) is 18.6 Å². The molecule has 1 unspecified atom stereocenters. The van der Waals surface area contributed by atoms with Gasteiger partial charge in [-0.15, -0.1) is 0 Å². The van der Waals surface area contributed by atoms with Crippen LogP contribution in [0.3, 0.4) is 0 Å². The number of ether oxygens (including phenoxy) is 3. The average molecular weight is 432 g/mol. The number of aliphatic hydroxyl groups is 1. The summed E-state index contributed by atoms with van der Waals surface area (Å²) < 4.78 is 22.2. The molecule has 168 valence electrons. The van der Waals surface area contributed by atoms with E-state index in [0.29, 0.717) is 17.1 Å². The first-order chi connectivity index (χ1) is 15.0. The predicted octanol–water partition coefficient (Wildman–Crippen LogP) is 3.25.